The number of methoxy groups -OCH3 is 1. The highest BCUT2D eigenvalue weighted by Gasteiger charge is 2.05. The lowest BCUT2D eigenvalue weighted by molar-refractivity contribution is 0.411. The molecule has 0 aliphatic carbocycles. The minimum atomic E-state index is 0.646. The van der Waals surface area contributed by atoms with Crippen molar-refractivity contribution < 1.29 is 4.74 Å². The van der Waals surface area contributed by atoms with Gasteiger partial charge in [0.2, 0.25) is 0 Å². The predicted molar refractivity (Wildman–Crippen MR) is 44.4 cm³/mol. The normalized spacial score (nSPS) is 10.1. The van der Waals surface area contributed by atoms with Gasteiger partial charge in [-0.1, -0.05) is 11.3 Å². The Labute approximate surface area is 69.4 Å². The number of rotatable bonds is 3. The second kappa shape index (κ2) is 3.66. The van der Waals surface area contributed by atoms with Gasteiger partial charge in [-0.2, -0.15) is 0 Å². The number of hydrazine groups is 1. The molecule has 0 fully saturated rings. The summed E-state index contributed by atoms with van der Waals surface area (Å²) in [6.45, 7) is 2.58. The van der Waals surface area contributed by atoms with E-state index in [1.54, 1.807) is 7.11 Å². The van der Waals surface area contributed by atoms with Gasteiger partial charge < -0.3 is 4.74 Å². The van der Waals surface area contributed by atoms with Gasteiger partial charge in [0.1, 0.15) is 0 Å². The number of hydrogen-bond acceptors (Lipinski definition) is 5. The zero-order chi connectivity index (χ0) is 8.27. The van der Waals surface area contributed by atoms with Gasteiger partial charge >= 0.3 is 0 Å². The first-order chi connectivity index (χ1) is 5.27. The van der Waals surface area contributed by atoms with E-state index in [4.69, 9.17) is 10.6 Å². The van der Waals surface area contributed by atoms with Crippen LogP contribution in [-0.4, -0.2) is 12.1 Å². The van der Waals surface area contributed by atoms with Crippen LogP contribution in [0.15, 0.2) is 0 Å². The number of nitrogens with one attached hydrogen (secondary N) is 1. The summed E-state index contributed by atoms with van der Waals surface area (Å²) in [5.74, 6) is 5.17. The Hall–Kier alpha value is -0.650. The van der Waals surface area contributed by atoms with Gasteiger partial charge in [0, 0.05) is 11.4 Å². The van der Waals surface area contributed by atoms with Crippen LogP contribution in [0.4, 0.5) is 0 Å². The number of aryl methyl sites for hydroxylation is 1. The third kappa shape index (κ3) is 1.89. The largest absolute Gasteiger partial charge is 0.473 e. The quantitative estimate of drug-likeness (QED) is 0.514. The summed E-state index contributed by atoms with van der Waals surface area (Å²) in [6, 6.07) is 0. The SMILES string of the molecule is COc1nc(C)c(CNN)s1. The molecule has 5 heteroatoms. The van der Waals surface area contributed by atoms with E-state index >= 15 is 0 Å². The van der Waals surface area contributed by atoms with Crippen LogP contribution in [0.5, 0.6) is 5.19 Å². The van der Waals surface area contributed by atoms with Crippen molar-refractivity contribution in [3.8, 4) is 5.19 Å². The van der Waals surface area contributed by atoms with E-state index < -0.39 is 0 Å². The lowest BCUT2D eigenvalue weighted by atomic mass is 10.4. The fourth-order valence-electron chi connectivity index (χ4n) is 0.745. The van der Waals surface area contributed by atoms with Crippen LogP contribution in [0.2, 0.25) is 0 Å². The molecular formula is C6H11N3OS. The first-order valence-electron chi connectivity index (χ1n) is 3.21. The highest BCUT2D eigenvalue weighted by atomic mass is 32.1. The third-order valence-electron chi connectivity index (χ3n) is 1.31. The molecule has 0 bridgehead atoms. The van der Waals surface area contributed by atoms with Crippen molar-refractivity contribution in [3.63, 3.8) is 0 Å². The second-order valence-electron chi connectivity index (χ2n) is 2.07. The molecule has 1 aromatic heterocycles. The maximum absolute atomic E-state index is 5.17. The maximum atomic E-state index is 5.17. The van der Waals surface area contributed by atoms with E-state index in [-0.39, 0.29) is 0 Å². The molecule has 1 heterocycles. The second-order valence-corrected chi connectivity index (χ2v) is 3.12. The molecule has 0 aromatic carbocycles. The smallest absolute Gasteiger partial charge is 0.273 e. The molecule has 0 saturated heterocycles. The lowest BCUT2D eigenvalue weighted by Gasteiger charge is -1.92. The first kappa shape index (κ1) is 8.45. The van der Waals surface area contributed by atoms with E-state index in [9.17, 15) is 0 Å². The molecule has 62 valence electrons. The van der Waals surface area contributed by atoms with Gasteiger partial charge in [-0.15, -0.1) is 0 Å². The van der Waals surface area contributed by atoms with E-state index in [1.807, 2.05) is 6.92 Å². The molecule has 0 atom stereocenters. The number of thiazole rings is 1. The standard InChI is InChI=1S/C6H11N3OS/c1-4-5(3-8-7)11-6(9-4)10-2/h8H,3,7H2,1-2H3. The number of nitrogens with zero attached hydrogens (tertiary/aromatic N) is 1. The highest BCUT2D eigenvalue weighted by Crippen LogP contribution is 2.23. The van der Waals surface area contributed by atoms with Gasteiger partial charge in [-0.25, -0.2) is 4.98 Å². The van der Waals surface area contributed by atoms with Crippen LogP contribution in [0.1, 0.15) is 10.6 Å². The minimum absolute atomic E-state index is 0.646. The Morgan fingerprint density at radius 3 is 2.91 bits per heavy atom. The van der Waals surface area contributed by atoms with Gasteiger partial charge in [0.25, 0.3) is 5.19 Å². The summed E-state index contributed by atoms with van der Waals surface area (Å²) in [6.07, 6.45) is 0. The van der Waals surface area contributed by atoms with Crippen LogP contribution in [0.3, 0.4) is 0 Å². The number of aromatic nitrogens is 1. The molecule has 3 N–H and O–H groups in total. The Morgan fingerprint density at radius 1 is 1.73 bits per heavy atom. The molecule has 0 aliphatic heterocycles. The molecule has 4 nitrogen and oxygen atoms in total. The Kier molecular flexibility index (Phi) is 2.81. The van der Waals surface area contributed by atoms with Crippen molar-refractivity contribution in [2.24, 2.45) is 5.84 Å². The van der Waals surface area contributed by atoms with Crippen molar-refractivity contribution in [3.05, 3.63) is 10.6 Å². The molecule has 0 aliphatic rings. The van der Waals surface area contributed by atoms with E-state index in [0.717, 1.165) is 10.6 Å². The lowest BCUT2D eigenvalue weighted by Crippen LogP contribution is -2.20. The summed E-state index contributed by atoms with van der Waals surface area (Å²) in [4.78, 5) is 5.26. The number of ether oxygens (including phenoxy) is 1. The van der Waals surface area contributed by atoms with E-state index in [2.05, 4.69) is 10.4 Å². The molecule has 11 heavy (non-hydrogen) atoms. The zero-order valence-electron chi connectivity index (χ0n) is 6.55. The molecular weight excluding hydrogens is 162 g/mol. The molecule has 1 aromatic rings. The first-order valence-corrected chi connectivity index (χ1v) is 4.03. The topological polar surface area (TPSA) is 60.2 Å². The summed E-state index contributed by atoms with van der Waals surface area (Å²) >= 11 is 1.51. The Bertz CT molecular complexity index is 236. The number of nitrogens with two attached hydrogens (primary N) is 1. The molecule has 0 radical (unpaired) electrons. The average Bonchev–Trinajstić information content (AvgIpc) is 2.33. The van der Waals surface area contributed by atoms with Gasteiger partial charge in [-0.05, 0) is 6.92 Å². The molecule has 0 amide bonds. The highest BCUT2D eigenvalue weighted by molar-refractivity contribution is 7.13. The monoisotopic (exact) mass is 173 g/mol. The molecule has 0 spiro atoms. The zero-order valence-corrected chi connectivity index (χ0v) is 7.36. The summed E-state index contributed by atoms with van der Waals surface area (Å²) in [7, 11) is 1.61. The summed E-state index contributed by atoms with van der Waals surface area (Å²) in [5.41, 5.74) is 3.55. The van der Waals surface area contributed by atoms with Crippen LogP contribution < -0.4 is 16.0 Å². The third-order valence-corrected chi connectivity index (χ3v) is 2.43. The molecule has 0 saturated carbocycles. The minimum Gasteiger partial charge on any atom is -0.473 e. The fraction of sp³-hybridized carbons (Fsp3) is 0.500. The summed E-state index contributed by atoms with van der Waals surface area (Å²) in [5, 5.41) is 0.688. The average molecular weight is 173 g/mol. The van der Waals surface area contributed by atoms with E-state index in [1.165, 1.54) is 11.3 Å². The van der Waals surface area contributed by atoms with Crippen LogP contribution in [0, 0.1) is 6.92 Å². The van der Waals surface area contributed by atoms with Crippen molar-refractivity contribution in [1.29, 1.82) is 0 Å². The van der Waals surface area contributed by atoms with Gasteiger partial charge in [-0.3, -0.25) is 11.3 Å². The maximum Gasteiger partial charge on any atom is 0.273 e. The predicted octanol–water partition coefficient (Wildman–Crippen LogP) is 0.423. The van der Waals surface area contributed by atoms with Crippen molar-refractivity contribution >= 4 is 11.3 Å². The van der Waals surface area contributed by atoms with Crippen LogP contribution in [-0.2, 0) is 6.54 Å². The Balaban J connectivity index is 2.79. The van der Waals surface area contributed by atoms with Crippen molar-refractivity contribution in [2.75, 3.05) is 7.11 Å². The molecule has 1 rings (SSSR count). The van der Waals surface area contributed by atoms with Crippen molar-refractivity contribution in [1.82, 2.24) is 10.4 Å². The van der Waals surface area contributed by atoms with E-state index in [0.29, 0.717) is 11.7 Å². The Morgan fingerprint density at radius 2 is 2.45 bits per heavy atom. The summed E-state index contributed by atoms with van der Waals surface area (Å²) < 4.78 is 4.96. The van der Waals surface area contributed by atoms with Gasteiger partial charge in [0.05, 0.1) is 12.8 Å². The fourth-order valence-corrected chi connectivity index (χ4v) is 1.57. The number of hydrogen-bond donors (Lipinski definition) is 2. The van der Waals surface area contributed by atoms with Gasteiger partial charge in [0.15, 0.2) is 0 Å². The van der Waals surface area contributed by atoms with Crippen LogP contribution >= 0.6 is 11.3 Å². The van der Waals surface area contributed by atoms with Crippen molar-refractivity contribution in [2.45, 2.75) is 13.5 Å². The molecule has 0 unspecified atom stereocenters. The van der Waals surface area contributed by atoms with Crippen LogP contribution in [0.25, 0.3) is 0 Å².